The summed E-state index contributed by atoms with van der Waals surface area (Å²) in [5.74, 6) is 0. The Bertz CT molecular complexity index is 674. The third kappa shape index (κ3) is 9.82. The molecule has 0 aliphatic carbocycles. The number of alkyl halides is 3. The fourth-order valence-electron chi connectivity index (χ4n) is 3.47. The molecule has 0 aliphatic heterocycles. The summed E-state index contributed by atoms with van der Waals surface area (Å²) in [5, 5.41) is 0. The van der Waals surface area contributed by atoms with Crippen molar-refractivity contribution in [1.29, 1.82) is 0 Å². The molecule has 30 heavy (non-hydrogen) atoms. The van der Waals surface area contributed by atoms with Gasteiger partial charge in [0.2, 0.25) is 10.0 Å². The van der Waals surface area contributed by atoms with E-state index >= 15 is 0 Å². The molecule has 0 heterocycles. The second-order valence-electron chi connectivity index (χ2n) is 7.97. The van der Waals surface area contributed by atoms with Gasteiger partial charge < -0.3 is 0 Å². The van der Waals surface area contributed by atoms with Crippen molar-refractivity contribution in [3.63, 3.8) is 0 Å². The smallest absolute Gasteiger partial charge is 0.207 e. The van der Waals surface area contributed by atoms with Crippen molar-refractivity contribution in [2.45, 2.75) is 102 Å². The second-order valence-corrected chi connectivity index (χ2v) is 9.90. The number of hydrogen-bond donors (Lipinski definition) is 0. The Morgan fingerprint density at radius 3 is 1.70 bits per heavy atom. The Kier molecular flexibility index (Phi) is 12.6. The zero-order valence-electron chi connectivity index (χ0n) is 18.5. The molecule has 0 bridgehead atoms. The third-order valence-electron chi connectivity index (χ3n) is 5.32. The Hall–Kier alpha value is -1.08. The Morgan fingerprint density at radius 1 is 0.767 bits per heavy atom. The summed E-state index contributed by atoms with van der Waals surface area (Å²) in [5.41, 5.74) is -0.928. The average Bonchev–Trinajstić information content (AvgIpc) is 2.70. The largest absolute Gasteiger partial charge is 0.416 e. The molecule has 0 atom stereocenters. The van der Waals surface area contributed by atoms with Gasteiger partial charge in [-0.05, 0) is 31.0 Å². The third-order valence-corrected chi connectivity index (χ3v) is 7.22. The number of sulfonamides is 1. The van der Waals surface area contributed by atoms with E-state index in [1.807, 2.05) is 0 Å². The summed E-state index contributed by atoms with van der Waals surface area (Å²) < 4.78 is 66.7. The molecule has 0 saturated carbocycles. The second kappa shape index (κ2) is 14.1. The lowest BCUT2D eigenvalue weighted by atomic mass is 10.1. The van der Waals surface area contributed by atoms with Crippen LogP contribution in [0.1, 0.15) is 96.5 Å². The standard InChI is InChI=1S/C23H38F3NO2S/c1-3-5-7-9-11-13-18-27(19-14-12-10-8-6-4-2)30(28,29)22-17-15-16-21(20-22)23(24,25)26/h15-17,20H,3-14,18-19H2,1-2H3. The molecule has 3 nitrogen and oxygen atoms in total. The van der Waals surface area contributed by atoms with Crippen molar-refractivity contribution in [2.24, 2.45) is 0 Å². The number of nitrogens with zero attached hydrogens (tertiary/aromatic N) is 1. The van der Waals surface area contributed by atoms with E-state index in [2.05, 4.69) is 13.8 Å². The van der Waals surface area contributed by atoms with E-state index in [1.165, 1.54) is 29.3 Å². The molecule has 0 N–H and O–H groups in total. The maximum absolute atomic E-state index is 13.1. The van der Waals surface area contributed by atoms with Gasteiger partial charge in [0.1, 0.15) is 0 Å². The molecule has 0 saturated heterocycles. The van der Waals surface area contributed by atoms with E-state index in [1.54, 1.807) is 0 Å². The number of benzene rings is 1. The van der Waals surface area contributed by atoms with Crippen LogP contribution in [0.4, 0.5) is 13.2 Å². The number of halogens is 3. The van der Waals surface area contributed by atoms with Crippen molar-refractivity contribution in [2.75, 3.05) is 13.1 Å². The first kappa shape index (κ1) is 27.0. The molecular formula is C23H38F3NO2S. The van der Waals surface area contributed by atoms with Crippen molar-refractivity contribution >= 4 is 10.0 Å². The SMILES string of the molecule is CCCCCCCCN(CCCCCCCC)S(=O)(=O)c1cccc(C(F)(F)F)c1. The van der Waals surface area contributed by atoms with E-state index in [-0.39, 0.29) is 4.90 Å². The van der Waals surface area contributed by atoms with Crippen molar-refractivity contribution in [1.82, 2.24) is 4.31 Å². The van der Waals surface area contributed by atoms with Crippen LogP contribution in [0.15, 0.2) is 29.2 Å². The molecule has 1 aromatic carbocycles. The predicted octanol–water partition coefficient (Wildman–Crippen LogP) is 7.42. The molecule has 174 valence electrons. The van der Waals surface area contributed by atoms with Crippen LogP contribution >= 0.6 is 0 Å². The molecular weight excluding hydrogens is 411 g/mol. The first-order valence-electron chi connectivity index (χ1n) is 11.4. The van der Waals surface area contributed by atoms with Crippen LogP contribution in [-0.4, -0.2) is 25.8 Å². The maximum Gasteiger partial charge on any atom is 0.416 e. The van der Waals surface area contributed by atoms with Crippen LogP contribution < -0.4 is 0 Å². The highest BCUT2D eigenvalue weighted by Gasteiger charge is 2.32. The number of rotatable bonds is 16. The summed E-state index contributed by atoms with van der Waals surface area (Å²) in [6.45, 7) is 5.01. The van der Waals surface area contributed by atoms with Crippen LogP contribution in [0.2, 0.25) is 0 Å². The highest BCUT2D eigenvalue weighted by Crippen LogP contribution is 2.31. The summed E-state index contributed by atoms with van der Waals surface area (Å²) in [4.78, 5) is -0.269. The highest BCUT2D eigenvalue weighted by atomic mass is 32.2. The summed E-state index contributed by atoms with van der Waals surface area (Å²) >= 11 is 0. The van der Waals surface area contributed by atoms with Crippen LogP contribution in [-0.2, 0) is 16.2 Å². The van der Waals surface area contributed by atoms with Gasteiger partial charge in [0.15, 0.2) is 0 Å². The van der Waals surface area contributed by atoms with Crippen molar-refractivity contribution in [3.8, 4) is 0 Å². The monoisotopic (exact) mass is 449 g/mol. The van der Waals surface area contributed by atoms with E-state index < -0.39 is 21.8 Å². The Labute approximate surface area is 181 Å². The van der Waals surface area contributed by atoms with Gasteiger partial charge in [-0.2, -0.15) is 17.5 Å². The molecule has 0 aromatic heterocycles. The van der Waals surface area contributed by atoms with Gasteiger partial charge in [0, 0.05) is 13.1 Å². The maximum atomic E-state index is 13.1. The zero-order chi connectivity index (χ0) is 22.5. The molecule has 7 heteroatoms. The minimum atomic E-state index is -4.56. The molecule has 0 fully saturated rings. The van der Waals surface area contributed by atoms with Gasteiger partial charge in [0.05, 0.1) is 10.5 Å². The Morgan fingerprint density at radius 2 is 1.23 bits per heavy atom. The lowest BCUT2D eigenvalue weighted by Crippen LogP contribution is -2.33. The van der Waals surface area contributed by atoms with E-state index in [0.717, 1.165) is 76.3 Å². The predicted molar refractivity (Wildman–Crippen MR) is 117 cm³/mol. The van der Waals surface area contributed by atoms with Crippen LogP contribution in [0.5, 0.6) is 0 Å². The van der Waals surface area contributed by atoms with E-state index in [0.29, 0.717) is 13.1 Å². The quantitative estimate of drug-likeness (QED) is 0.246. The normalized spacial score (nSPS) is 12.6. The molecule has 0 radical (unpaired) electrons. The molecule has 0 aliphatic rings. The van der Waals surface area contributed by atoms with Crippen LogP contribution in [0, 0.1) is 0 Å². The van der Waals surface area contributed by atoms with E-state index in [9.17, 15) is 21.6 Å². The topological polar surface area (TPSA) is 37.4 Å². The van der Waals surface area contributed by atoms with Crippen molar-refractivity contribution in [3.05, 3.63) is 29.8 Å². The molecule has 0 unspecified atom stereocenters. The minimum absolute atomic E-state index is 0.269. The van der Waals surface area contributed by atoms with Gasteiger partial charge in [-0.1, -0.05) is 84.1 Å². The van der Waals surface area contributed by atoms with Gasteiger partial charge >= 0.3 is 6.18 Å². The van der Waals surface area contributed by atoms with E-state index in [4.69, 9.17) is 0 Å². The number of unbranched alkanes of at least 4 members (excludes halogenated alkanes) is 10. The van der Waals surface area contributed by atoms with Gasteiger partial charge in [0.25, 0.3) is 0 Å². The first-order chi connectivity index (χ1) is 14.2. The highest BCUT2D eigenvalue weighted by molar-refractivity contribution is 7.89. The molecule has 0 amide bonds. The molecule has 1 rings (SSSR count). The summed E-state index contributed by atoms with van der Waals surface area (Å²) in [6.07, 6.45) is 7.80. The average molecular weight is 450 g/mol. The lowest BCUT2D eigenvalue weighted by molar-refractivity contribution is -0.137. The first-order valence-corrected chi connectivity index (χ1v) is 12.8. The molecule has 0 spiro atoms. The Balaban J connectivity index is 2.81. The summed E-state index contributed by atoms with van der Waals surface area (Å²) in [6, 6.07) is 4.10. The fraction of sp³-hybridized carbons (Fsp3) is 0.739. The van der Waals surface area contributed by atoms with Gasteiger partial charge in [-0.25, -0.2) is 8.42 Å². The number of hydrogen-bond acceptors (Lipinski definition) is 2. The van der Waals surface area contributed by atoms with Crippen molar-refractivity contribution < 1.29 is 21.6 Å². The zero-order valence-corrected chi connectivity index (χ0v) is 19.3. The van der Waals surface area contributed by atoms with Gasteiger partial charge in [-0.15, -0.1) is 0 Å². The molecule has 1 aromatic rings. The lowest BCUT2D eigenvalue weighted by Gasteiger charge is -2.23. The van der Waals surface area contributed by atoms with Gasteiger partial charge in [-0.3, -0.25) is 0 Å². The van der Waals surface area contributed by atoms with Crippen LogP contribution in [0.25, 0.3) is 0 Å². The fourth-order valence-corrected chi connectivity index (χ4v) is 5.03. The van der Waals surface area contributed by atoms with Crippen LogP contribution in [0.3, 0.4) is 0 Å². The minimum Gasteiger partial charge on any atom is -0.207 e. The summed E-state index contributed by atoms with van der Waals surface area (Å²) in [7, 11) is -3.95.